The van der Waals surface area contributed by atoms with Crippen LogP contribution in [0.15, 0.2) is 59.5 Å². The number of nitrogens with zero attached hydrogens (tertiary/aromatic N) is 2. The highest BCUT2D eigenvalue weighted by molar-refractivity contribution is 8.00. The Labute approximate surface area is 168 Å². The van der Waals surface area contributed by atoms with E-state index in [-0.39, 0.29) is 17.6 Å². The molecule has 0 aliphatic carbocycles. The maximum absolute atomic E-state index is 13.0. The van der Waals surface area contributed by atoms with E-state index in [2.05, 4.69) is 10.2 Å². The summed E-state index contributed by atoms with van der Waals surface area (Å²) in [6.07, 6.45) is 0.839. The van der Waals surface area contributed by atoms with Crippen molar-refractivity contribution in [1.29, 1.82) is 0 Å². The van der Waals surface area contributed by atoms with Crippen LogP contribution in [-0.4, -0.2) is 60.1 Å². The van der Waals surface area contributed by atoms with E-state index in [1.54, 1.807) is 12.1 Å². The van der Waals surface area contributed by atoms with E-state index < -0.39 is 0 Å². The molecule has 1 aliphatic heterocycles. The van der Waals surface area contributed by atoms with Crippen LogP contribution in [0.4, 0.5) is 10.1 Å². The lowest BCUT2D eigenvalue weighted by Gasteiger charge is -2.21. The third-order valence-corrected chi connectivity index (χ3v) is 5.54. The number of anilines is 1. The lowest BCUT2D eigenvalue weighted by molar-refractivity contribution is -0.128. The number of hydrogen-bond acceptors (Lipinski definition) is 4. The van der Waals surface area contributed by atoms with E-state index in [4.69, 9.17) is 0 Å². The molecular weight excluding hydrogens is 377 g/mol. The summed E-state index contributed by atoms with van der Waals surface area (Å²) in [5.74, 6) is 0.0856. The van der Waals surface area contributed by atoms with Gasteiger partial charge in [0.2, 0.25) is 11.8 Å². The number of halogens is 1. The van der Waals surface area contributed by atoms with Gasteiger partial charge in [0.05, 0.1) is 12.3 Å². The molecule has 148 valence electrons. The molecule has 0 aromatic heterocycles. The van der Waals surface area contributed by atoms with Crippen molar-refractivity contribution in [3.63, 3.8) is 0 Å². The molecule has 0 radical (unpaired) electrons. The van der Waals surface area contributed by atoms with Gasteiger partial charge in [0.25, 0.3) is 0 Å². The molecular formula is C21H24FN3O2S. The molecule has 2 aromatic carbocycles. The predicted octanol–water partition coefficient (Wildman–Crippen LogP) is 3.09. The van der Waals surface area contributed by atoms with Gasteiger partial charge >= 0.3 is 0 Å². The summed E-state index contributed by atoms with van der Waals surface area (Å²) in [5, 5.41) is 2.89. The first-order chi connectivity index (χ1) is 13.6. The lowest BCUT2D eigenvalue weighted by atomic mass is 10.3. The number of thioether (sulfide) groups is 1. The fourth-order valence-corrected chi connectivity index (χ4v) is 3.87. The molecule has 1 N–H and O–H groups in total. The molecule has 3 rings (SSSR count). The molecule has 2 aromatic rings. The van der Waals surface area contributed by atoms with Gasteiger partial charge in [-0.25, -0.2) is 4.39 Å². The highest BCUT2D eigenvalue weighted by Crippen LogP contribution is 2.19. The van der Waals surface area contributed by atoms with Crippen molar-refractivity contribution in [1.82, 2.24) is 9.80 Å². The van der Waals surface area contributed by atoms with Crippen LogP contribution in [0.25, 0.3) is 0 Å². The second-order valence-corrected chi connectivity index (χ2v) is 7.72. The first-order valence-electron chi connectivity index (χ1n) is 9.33. The fraction of sp³-hybridized carbons (Fsp3) is 0.333. The quantitative estimate of drug-likeness (QED) is 0.756. The molecule has 5 nitrogen and oxygen atoms in total. The molecule has 7 heteroatoms. The molecule has 2 amide bonds. The van der Waals surface area contributed by atoms with Crippen molar-refractivity contribution in [2.75, 3.05) is 43.8 Å². The third kappa shape index (κ3) is 6.35. The summed E-state index contributed by atoms with van der Waals surface area (Å²) >= 11 is 1.41. The van der Waals surface area contributed by atoms with Crippen LogP contribution in [0.2, 0.25) is 0 Å². The topological polar surface area (TPSA) is 52.7 Å². The summed E-state index contributed by atoms with van der Waals surface area (Å²) < 4.78 is 13.0. The van der Waals surface area contributed by atoms with Crippen LogP contribution in [0.5, 0.6) is 0 Å². The van der Waals surface area contributed by atoms with E-state index in [1.165, 1.54) is 23.9 Å². The van der Waals surface area contributed by atoms with E-state index >= 15 is 0 Å². The number of para-hydroxylation sites is 1. The maximum Gasteiger partial charge on any atom is 0.238 e. The van der Waals surface area contributed by atoms with Gasteiger partial charge in [0.1, 0.15) is 5.82 Å². The molecule has 0 saturated carbocycles. The van der Waals surface area contributed by atoms with Crippen molar-refractivity contribution in [3.8, 4) is 0 Å². The monoisotopic (exact) mass is 401 g/mol. The Morgan fingerprint density at radius 1 is 0.964 bits per heavy atom. The minimum atomic E-state index is -0.278. The van der Waals surface area contributed by atoms with E-state index in [0.29, 0.717) is 31.9 Å². The number of benzene rings is 2. The van der Waals surface area contributed by atoms with Crippen LogP contribution >= 0.6 is 11.8 Å². The van der Waals surface area contributed by atoms with Gasteiger partial charge < -0.3 is 10.2 Å². The fourth-order valence-electron chi connectivity index (χ4n) is 3.07. The van der Waals surface area contributed by atoms with Crippen LogP contribution in [0.3, 0.4) is 0 Å². The summed E-state index contributed by atoms with van der Waals surface area (Å²) in [6.45, 7) is 3.09. The zero-order chi connectivity index (χ0) is 19.8. The van der Waals surface area contributed by atoms with Gasteiger partial charge in [-0.15, -0.1) is 11.8 Å². The van der Waals surface area contributed by atoms with Gasteiger partial charge in [-0.05, 0) is 42.8 Å². The summed E-state index contributed by atoms with van der Waals surface area (Å²) in [5.41, 5.74) is 0.789. The minimum absolute atomic E-state index is 0.0437. The zero-order valence-corrected chi connectivity index (χ0v) is 16.5. The molecule has 0 bridgehead atoms. The van der Waals surface area contributed by atoms with Gasteiger partial charge in [0, 0.05) is 36.8 Å². The average Bonchev–Trinajstić information content (AvgIpc) is 2.93. The van der Waals surface area contributed by atoms with Crippen molar-refractivity contribution in [2.45, 2.75) is 11.3 Å². The smallest absolute Gasteiger partial charge is 0.238 e. The number of amides is 2. The average molecular weight is 402 g/mol. The van der Waals surface area contributed by atoms with Crippen LogP contribution in [0, 0.1) is 5.82 Å². The second-order valence-electron chi connectivity index (χ2n) is 6.67. The summed E-state index contributed by atoms with van der Waals surface area (Å²) in [7, 11) is 0. The molecule has 0 unspecified atom stereocenters. The van der Waals surface area contributed by atoms with Crippen LogP contribution in [0.1, 0.15) is 6.42 Å². The van der Waals surface area contributed by atoms with Crippen LogP contribution < -0.4 is 5.32 Å². The molecule has 1 saturated heterocycles. The highest BCUT2D eigenvalue weighted by Gasteiger charge is 2.20. The first-order valence-corrected chi connectivity index (χ1v) is 10.3. The van der Waals surface area contributed by atoms with Crippen LogP contribution in [-0.2, 0) is 9.59 Å². The predicted molar refractivity (Wildman–Crippen MR) is 110 cm³/mol. The normalized spacial score (nSPS) is 15.1. The minimum Gasteiger partial charge on any atom is -0.341 e. The van der Waals surface area contributed by atoms with E-state index in [0.717, 1.165) is 23.5 Å². The van der Waals surface area contributed by atoms with Crippen molar-refractivity contribution in [3.05, 3.63) is 60.4 Å². The molecule has 28 heavy (non-hydrogen) atoms. The summed E-state index contributed by atoms with van der Waals surface area (Å²) in [4.78, 5) is 29.5. The Balaban J connectivity index is 1.42. The lowest BCUT2D eigenvalue weighted by Crippen LogP contribution is -2.38. The third-order valence-electron chi connectivity index (χ3n) is 4.54. The molecule has 1 aliphatic rings. The zero-order valence-electron chi connectivity index (χ0n) is 15.6. The largest absolute Gasteiger partial charge is 0.341 e. The molecule has 1 fully saturated rings. The standard InChI is InChI=1S/C21H24FN3O2S/c22-17-7-9-19(10-8-17)28-16-21(27)25-12-4-11-24(13-14-25)15-20(26)23-18-5-2-1-3-6-18/h1-3,5-10H,4,11-16H2,(H,23,26). The molecule has 0 atom stereocenters. The highest BCUT2D eigenvalue weighted by atomic mass is 32.2. The summed E-state index contributed by atoms with van der Waals surface area (Å²) in [6, 6.07) is 15.6. The molecule has 0 spiro atoms. The Bertz CT molecular complexity index is 786. The second kappa shape index (κ2) is 10.2. The van der Waals surface area contributed by atoms with Crippen molar-refractivity contribution >= 4 is 29.3 Å². The Morgan fingerprint density at radius 3 is 2.46 bits per heavy atom. The van der Waals surface area contributed by atoms with Gasteiger partial charge in [-0.2, -0.15) is 0 Å². The Morgan fingerprint density at radius 2 is 1.71 bits per heavy atom. The van der Waals surface area contributed by atoms with E-state index in [9.17, 15) is 14.0 Å². The molecule has 1 heterocycles. The Hall–Kier alpha value is -2.38. The number of carbonyl (C=O) groups excluding carboxylic acids is 2. The number of carbonyl (C=O) groups is 2. The number of nitrogens with one attached hydrogen (secondary N) is 1. The van der Waals surface area contributed by atoms with Gasteiger partial charge in [-0.3, -0.25) is 14.5 Å². The van der Waals surface area contributed by atoms with Crippen molar-refractivity contribution in [2.24, 2.45) is 0 Å². The van der Waals surface area contributed by atoms with E-state index in [1.807, 2.05) is 35.2 Å². The van der Waals surface area contributed by atoms with Gasteiger partial charge in [-0.1, -0.05) is 18.2 Å². The number of rotatable bonds is 6. The first kappa shape index (κ1) is 20.4. The Kier molecular flexibility index (Phi) is 7.45. The number of hydrogen-bond donors (Lipinski definition) is 1. The van der Waals surface area contributed by atoms with Gasteiger partial charge in [0.15, 0.2) is 0 Å². The SMILES string of the molecule is O=C(CN1CCCN(C(=O)CSc2ccc(F)cc2)CC1)Nc1ccccc1. The maximum atomic E-state index is 13.0. The van der Waals surface area contributed by atoms with Crippen molar-refractivity contribution < 1.29 is 14.0 Å².